The monoisotopic (exact) mass is 252 g/mol. The van der Waals surface area contributed by atoms with Crippen molar-refractivity contribution < 1.29 is 14.3 Å². The quantitative estimate of drug-likeness (QED) is 0.749. The number of carbonyl (C=O) groups excluding carboxylic acids is 1. The predicted octanol–water partition coefficient (Wildman–Crippen LogP) is 0.710. The van der Waals surface area contributed by atoms with Crippen molar-refractivity contribution in [2.24, 2.45) is 5.73 Å². The van der Waals surface area contributed by atoms with Crippen LogP contribution in [0.1, 0.15) is 12.5 Å². The highest BCUT2D eigenvalue weighted by Gasteiger charge is 2.08. The van der Waals surface area contributed by atoms with Gasteiger partial charge in [0, 0.05) is 0 Å². The molecule has 0 bridgehead atoms. The van der Waals surface area contributed by atoms with Crippen molar-refractivity contribution in [3.63, 3.8) is 0 Å². The van der Waals surface area contributed by atoms with Gasteiger partial charge in [-0.2, -0.15) is 0 Å². The van der Waals surface area contributed by atoms with Crippen LogP contribution in [0.25, 0.3) is 0 Å². The molecule has 1 aromatic carbocycles. The maximum atomic E-state index is 10.8. The van der Waals surface area contributed by atoms with E-state index in [1.807, 2.05) is 18.2 Å². The number of hydrogen-bond acceptors (Lipinski definition) is 4. The third kappa shape index (κ3) is 3.92. The topological polar surface area (TPSA) is 73.6 Å². The molecule has 0 fully saturated rings. The molecule has 0 spiro atoms. The molecule has 0 saturated heterocycles. The van der Waals surface area contributed by atoms with Crippen molar-refractivity contribution in [2.45, 2.75) is 19.4 Å². The van der Waals surface area contributed by atoms with E-state index in [1.165, 1.54) is 0 Å². The second-order valence-corrected chi connectivity index (χ2v) is 4.02. The van der Waals surface area contributed by atoms with E-state index in [1.54, 1.807) is 21.1 Å². The Morgan fingerprint density at radius 2 is 2.00 bits per heavy atom. The number of carbonyl (C=O) groups is 1. The first-order chi connectivity index (χ1) is 8.58. The average Bonchev–Trinajstić information content (AvgIpc) is 2.38. The lowest BCUT2D eigenvalue weighted by Gasteiger charge is -2.11. The van der Waals surface area contributed by atoms with Crippen molar-refractivity contribution in [1.82, 2.24) is 5.32 Å². The molecule has 5 heteroatoms. The molecule has 1 rings (SSSR count). The highest BCUT2D eigenvalue weighted by Crippen LogP contribution is 2.27. The number of primary amides is 1. The Morgan fingerprint density at radius 1 is 1.33 bits per heavy atom. The normalized spacial score (nSPS) is 11.9. The second kappa shape index (κ2) is 6.86. The maximum Gasteiger partial charge on any atom is 0.234 e. The van der Waals surface area contributed by atoms with Gasteiger partial charge < -0.3 is 20.5 Å². The van der Waals surface area contributed by atoms with Crippen LogP contribution in [-0.2, 0) is 11.2 Å². The summed E-state index contributed by atoms with van der Waals surface area (Å²) >= 11 is 0. The molecule has 1 amide bonds. The number of nitrogens with one attached hydrogen (secondary N) is 1. The number of methoxy groups -OCH3 is 2. The third-order valence-electron chi connectivity index (χ3n) is 2.74. The van der Waals surface area contributed by atoms with Crippen molar-refractivity contribution in [3.8, 4) is 11.5 Å². The number of hydrogen-bond donors (Lipinski definition) is 2. The summed E-state index contributed by atoms with van der Waals surface area (Å²) in [5.41, 5.74) is 6.27. The minimum atomic E-state index is -0.345. The summed E-state index contributed by atoms with van der Waals surface area (Å²) in [6, 6.07) is 5.45. The van der Waals surface area contributed by atoms with Crippen LogP contribution < -0.4 is 20.5 Å². The molecule has 18 heavy (non-hydrogen) atoms. The summed E-state index contributed by atoms with van der Waals surface area (Å²) in [6.45, 7) is 2.43. The molecule has 0 saturated carbocycles. The molecule has 1 aromatic rings. The van der Waals surface area contributed by atoms with Crippen LogP contribution in [0, 0.1) is 0 Å². The predicted molar refractivity (Wildman–Crippen MR) is 69.9 cm³/mol. The lowest BCUT2D eigenvalue weighted by Crippen LogP contribution is -2.39. The zero-order valence-corrected chi connectivity index (χ0v) is 11.0. The van der Waals surface area contributed by atoms with Crippen LogP contribution in [0.15, 0.2) is 18.2 Å². The number of nitrogens with two attached hydrogens (primary N) is 1. The smallest absolute Gasteiger partial charge is 0.234 e. The van der Waals surface area contributed by atoms with Gasteiger partial charge in [-0.1, -0.05) is 6.07 Å². The number of ether oxygens (including phenoxy) is 2. The maximum absolute atomic E-state index is 10.8. The van der Waals surface area contributed by atoms with Gasteiger partial charge >= 0.3 is 0 Å². The Bertz CT molecular complexity index is 407. The first-order valence-corrected chi connectivity index (χ1v) is 5.82. The van der Waals surface area contributed by atoms with Gasteiger partial charge in [-0.15, -0.1) is 0 Å². The molecule has 0 heterocycles. The second-order valence-electron chi connectivity index (χ2n) is 4.02. The summed E-state index contributed by atoms with van der Waals surface area (Å²) in [5, 5.41) is 3.05. The van der Waals surface area contributed by atoms with Crippen molar-refractivity contribution >= 4 is 5.91 Å². The molecular formula is C13H20N2O3. The van der Waals surface area contributed by atoms with Gasteiger partial charge in [0.2, 0.25) is 5.91 Å². The van der Waals surface area contributed by atoms with Gasteiger partial charge in [-0.3, -0.25) is 4.79 Å². The van der Waals surface area contributed by atoms with Gasteiger partial charge in [0.15, 0.2) is 11.5 Å². The van der Waals surface area contributed by atoms with Gasteiger partial charge in [-0.05, 0) is 37.6 Å². The van der Waals surface area contributed by atoms with Crippen LogP contribution in [0.2, 0.25) is 0 Å². The van der Waals surface area contributed by atoms with Crippen LogP contribution in [-0.4, -0.2) is 32.7 Å². The minimum Gasteiger partial charge on any atom is -0.493 e. The summed E-state index contributed by atoms with van der Waals surface area (Å²) in [6.07, 6.45) is 0.790. The van der Waals surface area contributed by atoms with E-state index in [4.69, 9.17) is 15.2 Å². The van der Waals surface area contributed by atoms with E-state index in [0.717, 1.165) is 12.0 Å². The van der Waals surface area contributed by atoms with Crippen LogP contribution in [0.4, 0.5) is 0 Å². The summed E-state index contributed by atoms with van der Waals surface area (Å²) in [7, 11) is 3.21. The molecule has 100 valence electrons. The highest BCUT2D eigenvalue weighted by molar-refractivity contribution is 5.79. The average molecular weight is 252 g/mol. The standard InChI is InChI=1S/C13H20N2O3/c1-9(13(14)16)15-7-6-10-4-5-11(17-2)12(8-10)18-3/h4-5,8-9,15H,6-7H2,1-3H3,(H2,14,16). The van der Waals surface area contributed by atoms with E-state index in [9.17, 15) is 4.79 Å². The Balaban J connectivity index is 2.55. The van der Waals surface area contributed by atoms with E-state index in [0.29, 0.717) is 18.0 Å². The lowest BCUT2D eigenvalue weighted by atomic mass is 10.1. The number of benzene rings is 1. The summed E-state index contributed by atoms with van der Waals surface area (Å²) in [4.78, 5) is 10.8. The fourth-order valence-electron chi connectivity index (χ4n) is 1.57. The molecule has 0 aliphatic heterocycles. The van der Waals surface area contributed by atoms with E-state index >= 15 is 0 Å². The van der Waals surface area contributed by atoms with E-state index in [-0.39, 0.29) is 11.9 Å². The Labute approximate surface area is 107 Å². The first-order valence-electron chi connectivity index (χ1n) is 5.82. The van der Waals surface area contributed by atoms with Crippen LogP contribution in [0.5, 0.6) is 11.5 Å². The van der Waals surface area contributed by atoms with Crippen LogP contribution >= 0.6 is 0 Å². The summed E-state index contributed by atoms with van der Waals surface area (Å²) < 4.78 is 10.4. The molecule has 0 radical (unpaired) electrons. The molecule has 3 N–H and O–H groups in total. The highest BCUT2D eigenvalue weighted by atomic mass is 16.5. The van der Waals surface area contributed by atoms with Gasteiger partial charge in [0.25, 0.3) is 0 Å². The summed E-state index contributed by atoms with van der Waals surface area (Å²) in [5.74, 6) is 1.07. The van der Waals surface area contributed by atoms with Crippen molar-refractivity contribution in [1.29, 1.82) is 0 Å². The van der Waals surface area contributed by atoms with Gasteiger partial charge in [0.1, 0.15) is 0 Å². The Kier molecular flexibility index (Phi) is 5.45. The van der Waals surface area contributed by atoms with Gasteiger partial charge in [-0.25, -0.2) is 0 Å². The van der Waals surface area contributed by atoms with E-state index < -0.39 is 0 Å². The number of amides is 1. The largest absolute Gasteiger partial charge is 0.493 e. The molecule has 1 unspecified atom stereocenters. The fourth-order valence-corrected chi connectivity index (χ4v) is 1.57. The van der Waals surface area contributed by atoms with Crippen LogP contribution in [0.3, 0.4) is 0 Å². The Morgan fingerprint density at radius 3 is 2.56 bits per heavy atom. The fraction of sp³-hybridized carbons (Fsp3) is 0.462. The zero-order valence-electron chi connectivity index (χ0n) is 11.0. The van der Waals surface area contributed by atoms with Gasteiger partial charge in [0.05, 0.1) is 20.3 Å². The number of rotatable bonds is 7. The Hall–Kier alpha value is -1.75. The molecule has 0 aliphatic rings. The minimum absolute atomic E-state index is 0.315. The van der Waals surface area contributed by atoms with E-state index in [2.05, 4.69) is 5.32 Å². The molecule has 1 atom stereocenters. The lowest BCUT2D eigenvalue weighted by molar-refractivity contribution is -0.119. The van der Waals surface area contributed by atoms with Crippen molar-refractivity contribution in [2.75, 3.05) is 20.8 Å². The SMILES string of the molecule is COc1ccc(CCNC(C)C(N)=O)cc1OC. The zero-order chi connectivity index (χ0) is 13.5. The third-order valence-corrected chi connectivity index (χ3v) is 2.74. The first kappa shape index (κ1) is 14.3. The van der Waals surface area contributed by atoms with Crippen molar-refractivity contribution in [3.05, 3.63) is 23.8 Å². The molecule has 0 aromatic heterocycles. The molecular weight excluding hydrogens is 232 g/mol. The molecule has 5 nitrogen and oxygen atoms in total. The molecule has 0 aliphatic carbocycles.